The molecule has 4 nitrogen and oxygen atoms in total. The van der Waals surface area contributed by atoms with Gasteiger partial charge in [0.15, 0.2) is 6.23 Å². The van der Waals surface area contributed by atoms with E-state index in [-0.39, 0.29) is 0 Å². The van der Waals surface area contributed by atoms with Crippen molar-refractivity contribution >= 4 is 0 Å². The molecule has 19 heavy (non-hydrogen) atoms. The number of ether oxygens (including phenoxy) is 1. The second kappa shape index (κ2) is 4.33. The Kier molecular flexibility index (Phi) is 2.77. The van der Waals surface area contributed by atoms with E-state index in [1.807, 2.05) is 18.2 Å². The largest absolute Gasteiger partial charge is 0.471 e. The zero-order valence-corrected chi connectivity index (χ0v) is 10.8. The molecule has 0 bridgehead atoms. The maximum Gasteiger partial charge on any atom is 0.174 e. The molecule has 2 heterocycles. The molecule has 4 N–H and O–H groups in total. The molecule has 0 radical (unpaired) electrons. The quantitative estimate of drug-likeness (QED) is 0.853. The Balaban J connectivity index is 2.16. The van der Waals surface area contributed by atoms with Gasteiger partial charge in [-0.05, 0) is 23.6 Å². The number of rotatable bonds is 2. The van der Waals surface area contributed by atoms with E-state index in [0.29, 0.717) is 5.75 Å². The Morgan fingerprint density at radius 1 is 1.37 bits per heavy atom. The van der Waals surface area contributed by atoms with Gasteiger partial charge in [-0.2, -0.15) is 0 Å². The van der Waals surface area contributed by atoms with Crippen LogP contribution in [-0.2, 0) is 12.0 Å². The second-order valence-corrected chi connectivity index (χ2v) is 4.83. The summed E-state index contributed by atoms with van der Waals surface area (Å²) in [7, 11) is 0. The molecule has 1 aromatic heterocycles. The van der Waals surface area contributed by atoms with Crippen LogP contribution in [0.15, 0.2) is 42.7 Å². The first-order valence-corrected chi connectivity index (χ1v) is 6.41. The fourth-order valence-electron chi connectivity index (χ4n) is 2.57. The highest BCUT2D eigenvalue weighted by molar-refractivity contribution is 5.50. The normalized spacial score (nSPS) is 24.9. The van der Waals surface area contributed by atoms with Gasteiger partial charge in [0.25, 0.3) is 0 Å². The average Bonchev–Trinajstić information content (AvgIpc) is 2.72. The Bertz CT molecular complexity index is 614. The van der Waals surface area contributed by atoms with Gasteiger partial charge in [0.2, 0.25) is 0 Å². The standard InChI is InChI=1S/C15H17N3O/c1-2-10-4-3-5-11(8-10)15(17)12-6-7-18-9-13(12)19-14(15)16/h3-9,14H,2,16-17H2,1H3. The third-order valence-corrected chi connectivity index (χ3v) is 3.75. The van der Waals surface area contributed by atoms with Gasteiger partial charge in [0.1, 0.15) is 11.3 Å². The third kappa shape index (κ3) is 1.72. The predicted molar refractivity (Wildman–Crippen MR) is 73.6 cm³/mol. The van der Waals surface area contributed by atoms with Gasteiger partial charge in [0, 0.05) is 11.8 Å². The molecule has 2 aromatic rings. The van der Waals surface area contributed by atoms with Crippen LogP contribution < -0.4 is 16.2 Å². The smallest absolute Gasteiger partial charge is 0.174 e. The molecule has 0 saturated heterocycles. The molecule has 3 rings (SSSR count). The third-order valence-electron chi connectivity index (χ3n) is 3.75. The summed E-state index contributed by atoms with van der Waals surface area (Å²) in [6, 6.07) is 10.1. The number of aromatic nitrogens is 1. The van der Waals surface area contributed by atoms with Crippen LogP contribution >= 0.6 is 0 Å². The van der Waals surface area contributed by atoms with E-state index in [4.69, 9.17) is 16.2 Å². The number of hydrogen-bond acceptors (Lipinski definition) is 4. The van der Waals surface area contributed by atoms with Crippen molar-refractivity contribution in [3.8, 4) is 5.75 Å². The Morgan fingerprint density at radius 2 is 2.21 bits per heavy atom. The number of aryl methyl sites for hydroxylation is 1. The molecule has 0 amide bonds. The van der Waals surface area contributed by atoms with Gasteiger partial charge in [-0.15, -0.1) is 0 Å². The molecule has 0 aliphatic carbocycles. The van der Waals surface area contributed by atoms with Crippen LogP contribution in [0.4, 0.5) is 0 Å². The van der Waals surface area contributed by atoms with Crippen LogP contribution in [0.3, 0.4) is 0 Å². The van der Waals surface area contributed by atoms with E-state index < -0.39 is 11.8 Å². The molecule has 0 spiro atoms. The van der Waals surface area contributed by atoms with Crippen LogP contribution in [0.5, 0.6) is 5.75 Å². The van der Waals surface area contributed by atoms with Crippen molar-refractivity contribution in [2.75, 3.05) is 0 Å². The first-order chi connectivity index (χ1) is 9.16. The van der Waals surface area contributed by atoms with Gasteiger partial charge < -0.3 is 10.5 Å². The summed E-state index contributed by atoms with van der Waals surface area (Å²) in [4.78, 5) is 4.05. The number of pyridine rings is 1. The second-order valence-electron chi connectivity index (χ2n) is 4.83. The van der Waals surface area contributed by atoms with Crippen molar-refractivity contribution in [1.82, 2.24) is 4.98 Å². The fraction of sp³-hybridized carbons (Fsp3) is 0.267. The Hall–Kier alpha value is -1.91. The van der Waals surface area contributed by atoms with Gasteiger partial charge in [-0.1, -0.05) is 31.2 Å². The molecule has 0 saturated carbocycles. The molecule has 2 atom stereocenters. The van der Waals surface area contributed by atoms with Crippen molar-refractivity contribution in [2.45, 2.75) is 25.1 Å². The minimum Gasteiger partial charge on any atom is -0.471 e. The monoisotopic (exact) mass is 255 g/mol. The SMILES string of the molecule is CCc1cccc(C2(N)c3ccncc3OC2N)c1. The first-order valence-electron chi connectivity index (χ1n) is 6.41. The van der Waals surface area contributed by atoms with Crippen LogP contribution in [0.2, 0.25) is 0 Å². The molecule has 1 aliphatic rings. The lowest BCUT2D eigenvalue weighted by atomic mass is 9.83. The first kappa shape index (κ1) is 12.1. The van der Waals surface area contributed by atoms with E-state index in [2.05, 4.69) is 24.0 Å². The minimum atomic E-state index is -0.816. The van der Waals surface area contributed by atoms with Gasteiger partial charge in [-0.25, -0.2) is 0 Å². The van der Waals surface area contributed by atoms with Crippen LogP contribution in [-0.4, -0.2) is 11.2 Å². The van der Waals surface area contributed by atoms with E-state index in [1.54, 1.807) is 12.4 Å². The highest BCUT2D eigenvalue weighted by Crippen LogP contribution is 2.41. The lowest BCUT2D eigenvalue weighted by Crippen LogP contribution is -2.52. The molecule has 98 valence electrons. The Morgan fingerprint density at radius 3 is 3.00 bits per heavy atom. The topological polar surface area (TPSA) is 74.2 Å². The van der Waals surface area contributed by atoms with E-state index in [9.17, 15) is 0 Å². The zero-order valence-electron chi connectivity index (χ0n) is 10.8. The summed E-state index contributed by atoms with van der Waals surface area (Å²) < 4.78 is 5.64. The summed E-state index contributed by atoms with van der Waals surface area (Å²) >= 11 is 0. The van der Waals surface area contributed by atoms with Crippen molar-refractivity contribution in [1.29, 1.82) is 0 Å². The summed E-state index contributed by atoms with van der Waals surface area (Å²) in [6.45, 7) is 2.12. The van der Waals surface area contributed by atoms with Crippen LogP contribution in [0, 0.1) is 0 Å². The average molecular weight is 255 g/mol. The number of fused-ring (bicyclic) bond motifs is 1. The lowest BCUT2D eigenvalue weighted by Gasteiger charge is -2.28. The highest BCUT2D eigenvalue weighted by atomic mass is 16.5. The van der Waals surface area contributed by atoms with E-state index in [1.165, 1.54) is 5.56 Å². The van der Waals surface area contributed by atoms with Crippen LogP contribution in [0.25, 0.3) is 0 Å². The van der Waals surface area contributed by atoms with E-state index >= 15 is 0 Å². The van der Waals surface area contributed by atoms with Gasteiger partial charge in [-0.3, -0.25) is 10.7 Å². The predicted octanol–water partition coefficient (Wildman–Crippen LogP) is 1.52. The van der Waals surface area contributed by atoms with Crippen molar-refractivity contribution in [3.05, 3.63) is 59.4 Å². The van der Waals surface area contributed by atoms with Crippen molar-refractivity contribution in [2.24, 2.45) is 11.5 Å². The fourth-order valence-corrected chi connectivity index (χ4v) is 2.57. The lowest BCUT2D eigenvalue weighted by molar-refractivity contribution is 0.177. The van der Waals surface area contributed by atoms with Crippen molar-refractivity contribution in [3.63, 3.8) is 0 Å². The zero-order chi connectivity index (χ0) is 13.5. The summed E-state index contributed by atoms with van der Waals surface area (Å²) in [6.07, 6.45) is 3.74. The Labute approximate surface area is 112 Å². The maximum absolute atomic E-state index is 6.58. The van der Waals surface area contributed by atoms with Gasteiger partial charge in [0.05, 0.1) is 6.20 Å². The summed E-state index contributed by atoms with van der Waals surface area (Å²) in [5, 5.41) is 0. The number of nitrogens with zero attached hydrogens (tertiary/aromatic N) is 1. The molecule has 0 fully saturated rings. The molecular weight excluding hydrogens is 238 g/mol. The summed E-state index contributed by atoms with van der Waals surface area (Å²) in [5.74, 6) is 0.666. The number of benzene rings is 1. The van der Waals surface area contributed by atoms with Gasteiger partial charge >= 0.3 is 0 Å². The van der Waals surface area contributed by atoms with Crippen LogP contribution in [0.1, 0.15) is 23.6 Å². The number of hydrogen-bond donors (Lipinski definition) is 2. The minimum absolute atomic E-state index is 0.598. The molecular formula is C15H17N3O. The molecule has 4 heteroatoms. The summed E-state index contributed by atoms with van der Waals surface area (Å²) in [5.41, 5.74) is 15.0. The van der Waals surface area contributed by atoms with E-state index in [0.717, 1.165) is 17.5 Å². The molecule has 1 aromatic carbocycles. The maximum atomic E-state index is 6.58. The molecule has 1 aliphatic heterocycles. The number of nitrogens with two attached hydrogens (primary N) is 2. The molecule has 2 unspecified atom stereocenters. The highest BCUT2D eigenvalue weighted by Gasteiger charge is 2.45. The van der Waals surface area contributed by atoms with Crippen molar-refractivity contribution < 1.29 is 4.74 Å².